The monoisotopic (exact) mass is 368 g/mol. The SMILES string of the molecule is CCC(N)c1cn(Cc2nnc(-c3ccc(Br)s3)o2)nn1. The fraction of sp³-hybridized carbons (Fsp3) is 0.333. The van der Waals surface area contributed by atoms with Crippen molar-refractivity contribution in [3.63, 3.8) is 0 Å². The molecule has 0 bridgehead atoms. The molecule has 110 valence electrons. The van der Waals surface area contributed by atoms with Crippen LogP contribution in [0.25, 0.3) is 10.8 Å². The lowest BCUT2D eigenvalue weighted by Crippen LogP contribution is -2.08. The summed E-state index contributed by atoms with van der Waals surface area (Å²) < 4.78 is 8.30. The Labute approximate surface area is 133 Å². The summed E-state index contributed by atoms with van der Waals surface area (Å²) in [6.07, 6.45) is 2.62. The van der Waals surface area contributed by atoms with Crippen molar-refractivity contribution in [2.24, 2.45) is 5.73 Å². The summed E-state index contributed by atoms with van der Waals surface area (Å²) >= 11 is 4.95. The van der Waals surface area contributed by atoms with E-state index in [0.29, 0.717) is 18.3 Å². The van der Waals surface area contributed by atoms with Crippen LogP contribution in [0, 0.1) is 0 Å². The zero-order valence-corrected chi connectivity index (χ0v) is 13.6. The van der Waals surface area contributed by atoms with Crippen molar-refractivity contribution >= 4 is 27.3 Å². The fourth-order valence-corrected chi connectivity index (χ4v) is 3.06. The normalized spacial score (nSPS) is 12.7. The molecule has 0 spiro atoms. The van der Waals surface area contributed by atoms with Crippen LogP contribution < -0.4 is 5.73 Å². The molecule has 0 amide bonds. The molecule has 0 radical (unpaired) electrons. The van der Waals surface area contributed by atoms with Gasteiger partial charge in [0.1, 0.15) is 6.54 Å². The van der Waals surface area contributed by atoms with Gasteiger partial charge in [-0.25, -0.2) is 4.68 Å². The van der Waals surface area contributed by atoms with Crippen LogP contribution >= 0.6 is 27.3 Å². The molecule has 3 heterocycles. The number of aromatic nitrogens is 5. The lowest BCUT2D eigenvalue weighted by molar-refractivity contribution is 0.470. The van der Waals surface area contributed by atoms with Crippen molar-refractivity contribution in [3.05, 3.63) is 33.7 Å². The van der Waals surface area contributed by atoms with E-state index >= 15 is 0 Å². The Morgan fingerprint density at radius 1 is 1.38 bits per heavy atom. The van der Waals surface area contributed by atoms with E-state index in [-0.39, 0.29) is 6.04 Å². The molecule has 0 aliphatic carbocycles. The number of rotatable bonds is 5. The molecule has 7 nitrogen and oxygen atoms in total. The smallest absolute Gasteiger partial charge is 0.257 e. The highest BCUT2D eigenvalue weighted by Gasteiger charge is 2.13. The molecule has 9 heteroatoms. The van der Waals surface area contributed by atoms with E-state index in [1.165, 1.54) is 0 Å². The van der Waals surface area contributed by atoms with E-state index in [4.69, 9.17) is 10.2 Å². The third-order valence-electron chi connectivity index (χ3n) is 2.92. The number of nitrogens with zero attached hydrogens (tertiary/aromatic N) is 5. The second-order valence-corrected chi connectivity index (χ2v) is 6.92. The number of thiophene rings is 1. The van der Waals surface area contributed by atoms with Gasteiger partial charge in [0.05, 0.1) is 26.6 Å². The van der Waals surface area contributed by atoms with Gasteiger partial charge in [0, 0.05) is 0 Å². The predicted octanol–water partition coefficient (Wildman–Crippen LogP) is 2.61. The van der Waals surface area contributed by atoms with Gasteiger partial charge in [0.15, 0.2) is 0 Å². The molecule has 0 aliphatic heterocycles. The second-order valence-electron chi connectivity index (χ2n) is 4.46. The van der Waals surface area contributed by atoms with Gasteiger partial charge < -0.3 is 10.2 Å². The molecular formula is C12H13BrN6OS. The molecule has 0 fully saturated rings. The van der Waals surface area contributed by atoms with Crippen molar-refractivity contribution in [2.75, 3.05) is 0 Å². The molecule has 0 aliphatic rings. The van der Waals surface area contributed by atoms with Gasteiger partial charge >= 0.3 is 0 Å². The summed E-state index contributed by atoms with van der Waals surface area (Å²) in [5, 5.41) is 16.1. The van der Waals surface area contributed by atoms with Gasteiger partial charge in [-0.2, -0.15) is 0 Å². The first kappa shape index (κ1) is 14.4. The molecule has 21 heavy (non-hydrogen) atoms. The zero-order chi connectivity index (χ0) is 14.8. The molecule has 0 saturated heterocycles. The molecule has 2 N–H and O–H groups in total. The van der Waals surface area contributed by atoms with Crippen LogP contribution in [0.3, 0.4) is 0 Å². The Kier molecular flexibility index (Phi) is 4.13. The van der Waals surface area contributed by atoms with E-state index in [2.05, 4.69) is 36.4 Å². The molecule has 0 saturated carbocycles. The summed E-state index contributed by atoms with van der Waals surface area (Å²) in [6, 6.07) is 3.78. The summed E-state index contributed by atoms with van der Waals surface area (Å²) in [5.74, 6) is 0.988. The fourth-order valence-electron chi connectivity index (χ4n) is 1.75. The maximum Gasteiger partial charge on any atom is 0.257 e. The van der Waals surface area contributed by atoms with Crippen LogP contribution in [0.5, 0.6) is 0 Å². The zero-order valence-electron chi connectivity index (χ0n) is 11.2. The van der Waals surface area contributed by atoms with Gasteiger partial charge in [0.25, 0.3) is 5.89 Å². The highest BCUT2D eigenvalue weighted by Crippen LogP contribution is 2.30. The van der Waals surface area contributed by atoms with Crippen LogP contribution in [0.4, 0.5) is 0 Å². The maximum absolute atomic E-state index is 5.91. The van der Waals surface area contributed by atoms with E-state index in [0.717, 1.165) is 20.8 Å². The van der Waals surface area contributed by atoms with Crippen molar-refractivity contribution in [1.29, 1.82) is 0 Å². The average Bonchev–Trinajstić information content (AvgIpc) is 3.19. The molecule has 3 aromatic heterocycles. The minimum absolute atomic E-state index is 0.0968. The van der Waals surface area contributed by atoms with Crippen molar-refractivity contribution < 1.29 is 4.42 Å². The first-order valence-electron chi connectivity index (χ1n) is 6.39. The van der Waals surface area contributed by atoms with Gasteiger partial charge in [0.2, 0.25) is 5.89 Å². The topological polar surface area (TPSA) is 95.7 Å². The first-order chi connectivity index (χ1) is 10.2. The molecule has 3 aromatic rings. The van der Waals surface area contributed by atoms with Crippen LogP contribution in [0.15, 0.2) is 26.5 Å². The first-order valence-corrected chi connectivity index (χ1v) is 8.00. The van der Waals surface area contributed by atoms with Crippen LogP contribution in [-0.2, 0) is 6.54 Å². The highest BCUT2D eigenvalue weighted by molar-refractivity contribution is 9.11. The van der Waals surface area contributed by atoms with Crippen molar-refractivity contribution in [1.82, 2.24) is 25.2 Å². The number of hydrogen-bond donors (Lipinski definition) is 1. The van der Waals surface area contributed by atoms with E-state index in [9.17, 15) is 0 Å². The third kappa shape index (κ3) is 3.20. The number of halogens is 1. The lowest BCUT2D eigenvalue weighted by Gasteiger charge is -2.01. The molecule has 1 unspecified atom stereocenters. The predicted molar refractivity (Wildman–Crippen MR) is 81.7 cm³/mol. The standard InChI is InChI=1S/C12H13BrN6OS/c1-2-7(14)8-5-19(18-15-8)6-11-16-17-12(20-11)9-3-4-10(13)21-9/h3-5,7H,2,6,14H2,1H3. The van der Waals surface area contributed by atoms with Gasteiger partial charge in [-0.3, -0.25) is 0 Å². The average molecular weight is 369 g/mol. The molecule has 0 aromatic carbocycles. The third-order valence-corrected chi connectivity index (χ3v) is 4.54. The maximum atomic E-state index is 5.91. The van der Waals surface area contributed by atoms with Gasteiger partial charge in [-0.15, -0.1) is 26.6 Å². The Hall–Kier alpha value is -1.58. The molecular weight excluding hydrogens is 356 g/mol. The Bertz CT molecular complexity index is 736. The Morgan fingerprint density at radius 2 is 2.24 bits per heavy atom. The minimum atomic E-state index is -0.0968. The molecule has 3 rings (SSSR count). The van der Waals surface area contributed by atoms with Gasteiger partial charge in [-0.1, -0.05) is 12.1 Å². The van der Waals surface area contributed by atoms with E-state index in [1.807, 2.05) is 19.1 Å². The van der Waals surface area contributed by atoms with E-state index in [1.54, 1.807) is 22.2 Å². The van der Waals surface area contributed by atoms with E-state index < -0.39 is 0 Å². The molecule has 1 atom stereocenters. The lowest BCUT2D eigenvalue weighted by atomic mass is 10.2. The summed E-state index contributed by atoms with van der Waals surface area (Å²) in [7, 11) is 0. The second kappa shape index (κ2) is 6.04. The Morgan fingerprint density at radius 3 is 2.95 bits per heavy atom. The summed E-state index contributed by atoms with van der Waals surface area (Å²) in [4.78, 5) is 0.924. The van der Waals surface area contributed by atoms with Crippen LogP contribution in [-0.4, -0.2) is 25.2 Å². The van der Waals surface area contributed by atoms with Gasteiger partial charge in [-0.05, 0) is 34.5 Å². The van der Waals surface area contributed by atoms with Crippen LogP contribution in [0.2, 0.25) is 0 Å². The summed E-state index contributed by atoms with van der Waals surface area (Å²) in [6.45, 7) is 2.39. The van der Waals surface area contributed by atoms with Crippen molar-refractivity contribution in [3.8, 4) is 10.8 Å². The number of hydrogen-bond acceptors (Lipinski definition) is 7. The summed E-state index contributed by atoms with van der Waals surface area (Å²) in [5.41, 5.74) is 6.68. The van der Waals surface area contributed by atoms with Crippen LogP contribution in [0.1, 0.15) is 31.0 Å². The Balaban J connectivity index is 1.74. The minimum Gasteiger partial charge on any atom is -0.418 e. The quantitative estimate of drug-likeness (QED) is 0.743. The van der Waals surface area contributed by atoms with Crippen molar-refractivity contribution in [2.45, 2.75) is 25.9 Å². The largest absolute Gasteiger partial charge is 0.418 e. The number of nitrogens with two attached hydrogens (primary N) is 1. The highest BCUT2D eigenvalue weighted by atomic mass is 79.9.